The van der Waals surface area contributed by atoms with Crippen molar-refractivity contribution in [3.05, 3.63) is 35.9 Å². The fourth-order valence-electron chi connectivity index (χ4n) is 1.58. The van der Waals surface area contributed by atoms with Gasteiger partial charge < -0.3 is 4.90 Å². The summed E-state index contributed by atoms with van der Waals surface area (Å²) in [7, 11) is 0. The van der Waals surface area contributed by atoms with Crippen LogP contribution in [0.4, 0.5) is 10.1 Å². The second-order valence-corrected chi connectivity index (χ2v) is 3.42. The molecule has 0 amide bonds. The number of pyridine rings is 1. The van der Waals surface area contributed by atoms with Gasteiger partial charge in [-0.25, -0.2) is 4.39 Å². The maximum atomic E-state index is 13.0. The molecule has 4 heteroatoms. The maximum absolute atomic E-state index is 13.0. The normalized spacial score (nSPS) is 16.1. The molecule has 1 aliphatic rings. The van der Waals surface area contributed by atoms with Crippen molar-refractivity contribution in [1.29, 1.82) is 0 Å². The lowest BCUT2D eigenvalue weighted by Gasteiger charge is -2.26. The van der Waals surface area contributed by atoms with Crippen LogP contribution in [0.25, 0.3) is 0 Å². The Balaban J connectivity index is 2.15. The van der Waals surface area contributed by atoms with E-state index < -0.39 is 0 Å². The van der Waals surface area contributed by atoms with Gasteiger partial charge in [-0.15, -0.1) is 0 Å². The summed E-state index contributed by atoms with van der Waals surface area (Å²) in [6, 6.07) is 3.42. The molecule has 2 rings (SSSR count). The number of anilines is 1. The minimum Gasteiger partial charge on any atom is -0.363 e. The summed E-state index contributed by atoms with van der Waals surface area (Å²) in [5.74, 6) is -0.110. The first-order chi connectivity index (χ1) is 7.29. The third-order valence-corrected chi connectivity index (χ3v) is 2.36. The maximum Gasteiger partial charge on any atom is 0.168 e. The topological polar surface area (TPSA) is 33.2 Å². The molecule has 1 aliphatic heterocycles. The predicted molar refractivity (Wildman–Crippen MR) is 55.6 cm³/mol. The number of hydrogen-bond donors (Lipinski definition) is 0. The SMILES string of the molecule is O=Cc1ccc(N2CCC=C(F)C2)cn1. The number of rotatable bonds is 2. The minimum atomic E-state index is -0.110. The zero-order chi connectivity index (χ0) is 10.7. The van der Waals surface area contributed by atoms with Crippen LogP contribution in [0.2, 0.25) is 0 Å². The van der Waals surface area contributed by atoms with Crippen LogP contribution in [-0.4, -0.2) is 24.4 Å². The van der Waals surface area contributed by atoms with Crippen LogP contribution < -0.4 is 4.90 Å². The summed E-state index contributed by atoms with van der Waals surface area (Å²) in [6.07, 6.45) is 4.60. The first-order valence-corrected chi connectivity index (χ1v) is 4.80. The first kappa shape index (κ1) is 9.83. The second kappa shape index (κ2) is 4.21. The van der Waals surface area contributed by atoms with Crippen LogP contribution >= 0.6 is 0 Å². The van der Waals surface area contributed by atoms with Crippen molar-refractivity contribution in [1.82, 2.24) is 4.98 Å². The highest BCUT2D eigenvalue weighted by Gasteiger charge is 2.12. The van der Waals surface area contributed by atoms with E-state index in [0.717, 1.165) is 12.2 Å². The number of hydrogen-bond acceptors (Lipinski definition) is 3. The first-order valence-electron chi connectivity index (χ1n) is 4.80. The van der Waals surface area contributed by atoms with Crippen molar-refractivity contribution in [2.45, 2.75) is 6.42 Å². The minimum absolute atomic E-state index is 0.110. The van der Waals surface area contributed by atoms with Crippen LogP contribution in [0.1, 0.15) is 16.9 Å². The molecule has 0 radical (unpaired) electrons. The van der Waals surface area contributed by atoms with E-state index in [1.165, 1.54) is 0 Å². The largest absolute Gasteiger partial charge is 0.363 e. The summed E-state index contributed by atoms with van der Waals surface area (Å²) in [5, 5.41) is 0. The van der Waals surface area contributed by atoms with Gasteiger partial charge in [0, 0.05) is 6.54 Å². The molecule has 78 valence electrons. The molecular formula is C11H11FN2O. The number of aromatic nitrogens is 1. The molecule has 0 atom stereocenters. The van der Waals surface area contributed by atoms with Gasteiger partial charge in [0.15, 0.2) is 6.29 Å². The van der Waals surface area contributed by atoms with Gasteiger partial charge in [-0.1, -0.05) is 0 Å². The fourth-order valence-corrected chi connectivity index (χ4v) is 1.58. The quantitative estimate of drug-likeness (QED) is 0.693. The Morgan fingerprint density at radius 2 is 2.33 bits per heavy atom. The van der Waals surface area contributed by atoms with Crippen molar-refractivity contribution in [2.24, 2.45) is 0 Å². The van der Waals surface area contributed by atoms with Crippen LogP contribution in [-0.2, 0) is 0 Å². The van der Waals surface area contributed by atoms with Crippen LogP contribution in [0.5, 0.6) is 0 Å². The third kappa shape index (κ3) is 2.21. The number of carbonyl (C=O) groups is 1. The summed E-state index contributed by atoms with van der Waals surface area (Å²) < 4.78 is 13.0. The van der Waals surface area contributed by atoms with E-state index in [0.29, 0.717) is 24.9 Å². The molecule has 0 aliphatic carbocycles. The van der Waals surface area contributed by atoms with Crippen LogP contribution in [0, 0.1) is 0 Å². The highest BCUT2D eigenvalue weighted by molar-refractivity contribution is 5.72. The highest BCUT2D eigenvalue weighted by Crippen LogP contribution is 2.19. The number of halogens is 1. The van der Waals surface area contributed by atoms with Crippen molar-refractivity contribution >= 4 is 12.0 Å². The Bertz CT molecular complexity index is 386. The summed E-state index contributed by atoms with van der Waals surface area (Å²) in [6.45, 7) is 1.08. The summed E-state index contributed by atoms with van der Waals surface area (Å²) in [5.41, 5.74) is 1.25. The van der Waals surface area contributed by atoms with Gasteiger partial charge in [-0.2, -0.15) is 0 Å². The Labute approximate surface area is 87.2 Å². The van der Waals surface area contributed by atoms with E-state index in [4.69, 9.17) is 0 Å². The second-order valence-electron chi connectivity index (χ2n) is 3.42. The molecule has 0 saturated carbocycles. The van der Waals surface area contributed by atoms with E-state index in [-0.39, 0.29) is 5.83 Å². The molecule has 1 aromatic heterocycles. The van der Waals surface area contributed by atoms with Gasteiger partial charge in [-0.3, -0.25) is 9.78 Å². The molecule has 0 saturated heterocycles. The fraction of sp³-hybridized carbons (Fsp3) is 0.273. The molecule has 0 spiro atoms. The van der Waals surface area contributed by atoms with E-state index >= 15 is 0 Å². The number of aldehydes is 1. The Morgan fingerprint density at radius 1 is 1.47 bits per heavy atom. The van der Waals surface area contributed by atoms with Gasteiger partial charge in [0.2, 0.25) is 0 Å². The smallest absolute Gasteiger partial charge is 0.168 e. The Kier molecular flexibility index (Phi) is 2.76. The van der Waals surface area contributed by atoms with Gasteiger partial charge >= 0.3 is 0 Å². The summed E-state index contributed by atoms with van der Waals surface area (Å²) >= 11 is 0. The summed E-state index contributed by atoms with van der Waals surface area (Å²) in [4.78, 5) is 16.2. The number of nitrogens with zero attached hydrogens (tertiary/aromatic N) is 2. The molecule has 0 aromatic carbocycles. The van der Waals surface area contributed by atoms with Crippen molar-refractivity contribution in [3.63, 3.8) is 0 Å². The molecule has 3 nitrogen and oxygen atoms in total. The van der Waals surface area contributed by atoms with Gasteiger partial charge in [0.25, 0.3) is 0 Å². The lowest BCUT2D eigenvalue weighted by Crippen LogP contribution is -2.28. The highest BCUT2D eigenvalue weighted by atomic mass is 19.1. The zero-order valence-electron chi connectivity index (χ0n) is 8.19. The Morgan fingerprint density at radius 3 is 2.93 bits per heavy atom. The van der Waals surface area contributed by atoms with Gasteiger partial charge in [-0.05, 0) is 24.6 Å². The molecule has 0 unspecified atom stereocenters. The zero-order valence-corrected chi connectivity index (χ0v) is 8.19. The van der Waals surface area contributed by atoms with E-state index in [1.54, 1.807) is 24.4 Å². The Hall–Kier alpha value is -1.71. The molecular weight excluding hydrogens is 195 g/mol. The van der Waals surface area contributed by atoms with E-state index in [2.05, 4.69) is 4.98 Å². The molecule has 2 heterocycles. The lowest BCUT2D eigenvalue weighted by atomic mass is 10.2. The van der Waals surface area contributed by atoms with E-state index in [1.807, 2.05) is 4.90 Å². The van der Waals surface area contributed by atoms with Crippen LogP contribution in [0.15, 0.2) is 30.2 Å². The van der Waals surface area contributed by atoms with Crippen molar-refractivity contribution < 1.29 is 9.18 Å². The predicted octanol–water partition coefficient (Wildman–Crippen LogP) is 1.96. The number of carbonyl (C=O) groups excluding carboxylic acids is 1. The van der Waals surface area contributed by atoms with Crippen molar-refractivity contribution in [3.8, 4) is 0 Å². The molecule has 15 heavy (non-hydrogen) atoms. The molecule has 0 N–H and O–H groups in total. The average Bonchev–Trinajstić information content (AvgIpc) is 2.29. The van der Waals surface area contributed by atoms with Gasteiger partial charge in [0.05, 0.1) is 18.4 Å². The molecule has 0 fully saturated rings. The van der Waals surface area contributed by atoms with Crippen LogP contribution in [0.3, 0.4) is 0 Å². The standard InChI is InChI=1S/C11H11FN2O/c12-9-2-1-5-14(7-9)11-4-3-10(8-15)13-6-11/h2-4,6,8H,1,5,7H2. The third-order valence-electron chi connectivity index (χ3n) is 2.36. The molecule has 1 aromatic rings. The monoisotopic (exact) mass is 206 g/mol. The van der Waals surface area contributed by atoms with E-state index in [9.17, 15) is 9.18 Å². The van der Waals surface area contributed by atoms with Crippen molar-refractivity contribution in [2.75, 3.05) is 18.0 Å². The lowest BCUT2D eigenvalue weighted by molar-refractivity contribution is 0.111. The average molecular weight is 206 g/mol. The van der Waals surface area contributed by atoms with Gasteiger partial charge in [0.1, 0.15) is 11.5 Å². The molecule has 0 bridgehead atoms.